The third kappa shape index (κ3) is 6.14. The number of benzene rings is 8. The lowest BCUT2D eigenvalue weighted by Crippen LogP contribution is -2.36. The largest absolute Gasteiger partial charge is 0.311 e. The van der Waals surface area contributed by atoms with E-state index in [-0.39, 0.29) is 17.7 Å². The van der Waals surface area contributed by atoms with E-state index in [4.69, 9.17) is 0 Å². The van der Waals surface area contributed by atoms with Crippen molar-refractivity contribution in [1.82, 2.24) is 4.57 Å². The number of halogens is 1. The standard InChI is InChI=1S/C61H45FN2/c62-48-31-33-50(34-32-48)63(52-35-36-54-53-26-10-12-28-57(53)61(58(54)41-52,46-19-4-1-5-20-46)47-21-6-2-7-22-47)51-25-15-18-44(39-51)42-16-14-17-43(38-42)45-30-37-60-56(40-45)55-27-11-13-29-59(55)64(60)49-23-8-3-9-24-49/h1-13,15,17-41,54,58H,14,16H2. The lowest BCUT2D eigenvalue weighted by Gasteiger charge is -2.40. The highest BCUT2D eigenvalue weighted by Crippen LogP contribution is 2.60. The third-order valence-electron chi connectivity index (χ3n) is 13.9. The Balaban J connectivity index is 0.959. The van der Waals surface area contributed by atoms with Crippen molar-refractivity contribution in [2.75, 3.05) is 4.90 Å². The molecule has 3 aliphatic rings. The Morgan fingerprint density at radius 3 is 2.03 bits per heavy atom. The molecule has 0 spiro atoms. The van der Waals surface area contributed by atoms with Gasteiger partial charge < -0.3 is 9.47 Å². The van der Waals surface area contributed by atoms with E-state index < -0.39 is 5.41 Å². The van der Waals surface area contributed by atoms with Crippen molar-refractivity contribution in [1.29, 1.82) is 0 Å². The second-order valence-electron chi connectivity index (χ2n) is 17.3. The molecule has 8 aromatic carbocycles. The van der Waals surface area contributed by atoms with Crippen LogP contribution in [0.4, 0.5) is 15.8 Å². The summed E-state index contributed by atoms with van der Waals surface area (Å²) in [5.74, 6) is 0.000651. The molecule has 0 aliphatic heterocycles. The smallest absolute Gasteiger partial charge is 0.123 e. The normalized spacial score (nSPS) is 17.4. The van der Waals surface area contributed by atoms with Gasteiger partial charge in [0, 0.05) is 45.4 Å². The molecule has 2 atom stereocenters. The van der Waals surface area contributed by atoms with Gasteiger partial charge in [0.2, 0.25) is 0 Å². The van der Waals surface area contributed by atoms with Crippen LogP contribution in [0.2, 0.25) is 0 Å². The highest BCUT2D eigenvalue weighted by Gasteiger charge is 2.53. The molecular weight excluding hydrogens is 780 g/mol. The van der Waals surface area contributed by atoms with E-state index in [2.05, 4.69) is 222 Å². The molecule has 12 rings (SSSR count). The molecule has 2 unspecified atom stereocenters. The van der Waals surface area contributed by atoms with Crippen LogP contribution in [0.25, 0.3) is 38.6 Å². The molecule has 0 N–H and O–H groups in total. The van der Waals surface area contributed by atoms with Gasteiger partial charge in [0.05, 0.1) is 16.4 Å². The molecule has 64 heavy (non-hydrogen) atoms. The monoisotopic (exact) mass is 824 g/mol. The average molecular weight is 825 g/mol. The van der Waals surface area contributed by atoms with E-state index >= 15 is 0 Å². The number of hydrogen-bond acceptors (Lipinski definition) is 1. The SMILES string of the molecule is Fc1ccc(N(C2=CC3C(C=C2)c2ccccc2C3(c2ccccc2)c2ccccc2)c2cccc(C3=CC(c4ccc5c(c4)c4ccccc4n5-c4ccccc4)=CCC3)c2)cc1. The first-order valence-corrected chi connectivity index (χ1v) is 22.4. The minimum Gasteiger partial charge on any atom is -0.311 e. The number of aromatic nitrogens is 1. The molecule has 0 saturated heterocycles. The molecule has 0 radical (unpaired) electrons. The Bertz CT molecular complexity index is 3300. The third-order valence-corrected chi connectivity index (χ3v) is 13.9. The van der Waals surface area contributed by atoms with Crippen LogP contribution in [0.15, 0.2) is 242 Å². The van der Waals surface area contributed by atoms with Gasteiger partial charge in [-0.05, 0) is 130 Å². The van der Waals surface area contributed by atoms with E-state index in [1.165, 1.54) is 66.3 Å². The minimum absolute atomic E-state index is 0.0774. The van der Waals surface area contributed by atoms with Crippen LogP contribution in [0.3, 0.4) is 0 Å². The molecule has 3 heteroatoms. The Kier molecular flexibility index (Phi) is 9.23. The summed E-state index contributed by atoms with van der Waals surface area (Å²) in [5.41, 5.74) is 16.4. The molecule has 0 fully saturated rings. The number of anilines is 2. The van der Waals surface area contributed by atoms with Crippen molar-refractivity contribution >= 4 is 44.3 Å². The molecular formula is C61H45FN2. The lowest BCUT2D eigenvalue weighted by molar-refractivity contribution is 0.453. The topological polar surface area (TPSA) is 8.17 Å². The summed E-state index contributed by atoms with van der Waals surface area (Å²) < 4.78 is 17.0. The zero-order chi connectivity index (χ0) is 42.6. The van der Waals surface area contributed by atoms with Gasteiger partial charge in [0.25, 0.3) is 0 Å². The number of allylic oxidation sites excluding steroid dienone is 7. The molecule has 0 saturated carbocycles. The van der Waals surface area contributed by atoms with Gasteiger partial charge in [0.15, 0.2) is 0 Å². The second-order valence-corrected chi connectivity index (χ2v) is 17.3. The molecule has 1 heterocycles. The van der Waals surface area contributed by atoms with E-state index in [0.717, 1.165) is 35.6 Å². The van der Waals surface area contributed by atoms with E-state index in [0.29, 0.717) is 0 Å². The van der Waals surface area contributed by atoms with Crippen molar-refractivity contribution in [2.45, 2.75) is 24.2 Å². The number of nitrogens with zero attached hydrogens (tertiary/aromatic N) is 2. The molecule has 3 aliphatic carbocycles. The second kappa shape index (κ2) is 15.6. The lowest BCUT2D eigenvalue weighted by atomic mass is 9.63. The quantitative estimate of drug-likeness (QED) is 0.148. The fraction of sp³-hybridized carbons (Fsp3) is 0.0820. The Labute approximate surface area is 373 Å². The minimum atomic E-state index is -0.425. The van der Waals surface area contributed by atoms with Gasteiger partial charge in [-0.15, -0.1) is 0 Å². The number of rotatable bonds is 8. The Morgan fingerprint density at radius 1 is 0.562 bits per heavy atom. The van der Waals surface area contributed by atoms with Crippen LogP contribution >= 0.6 is 0 Å². The fourth-order valence-electron chi connectivity index (χ4n) is 11.1. The summed E-state index contributed by atoms with van der Waals surface area (Å²) in [6, 6.07) is 73.2. The van der Waals surface area contributed by atoms with Gasteiger partial charge in [0.1, 0.15) is 5.82 Å². The first-order chi connectivity index (χ1) is 31.6. The van der Waals surface area contributed by atoms with Gasteiger partial charge in [-0.25, -0.2) is 4.39 Å². The van der Waals surface area contributed by atoms with Gasteiger partial charge >= 0.3 is 0 Å². The highest BCUT2D eigenvalue weighted by molar-refractivity contribution is 6.10. The number of fused-ring (bicyclic) bond motifs is 6. The van der Waals surface area contributed by atoms with Crippen LogP contribution in [-0.2, 0) is 5.41 Å². The summed E-state index contributed by atoms with van der Waals surface area (Å²) in [6.07, 6.45) is 13.8. The molecule has 0 amide bonds. The first kappa shape index (κ1) is 38.0. The Morgan fingerprint density at radius 2 is 1.25 bits per heavy atom. The van der Waals surface area contributed by atoms with Crippen LogP contribution in [0.5, 0.6) is 0 Å². The van der Waals surface area contributed by atoms with E-state index in [9.17, 15) is 4.39 Å². The Hall–Kier alpha value is -7.75. The van der Waals surface area contributed by atoms with E-state index in [1.807, 2.05) is 12.1 Å². The molecule has 0 bridgehead atoms. The summed E-state index contributed by atoms with van der Waals surface area (Å²) in [7, 11) is 0. The summed E-state index contributed by atoms with van der Waals surface area (Å²) >= 11 is 0. The molecule has 1 aromatic heterocycles. The van der Waals surface area contributed by atoms with Crippen LogP contribution in [-0.4, -0.2) is 4.57 Å². The van der Waals surface area contributed by atoms with Crippen LogP contribution in [0.1, 0.15) is 52.1 Å². The van der Waals surface area contributed by atoms with Crippen molar-refractivity contribution < 1.29 is 4.39 Å². The van der Waals surface area contributed by atoms with Crippen molar-refractivity contribution in [3.05, 3.63) is 282 Å². The van der Waals surface area contributed by atoms with Gasteiger partial charge in [-0.3, -0.25) is 0 Å². The zero-order valence-electron chi connectivity index (χ0n) is 35.4. The zero-order valence-corrected chi connectivity index (χ0v) is 35.4. The maximum atomic E-state index is 14.7. The van der Waals surface area contributed by atoms with Crippen LogP contribution in [0, 0.1) is 11.7 Å². The average Bonchev–Trinajstić information content (AvgIpc) is 3.86. The maximum Gasteiger partial charge on any atom is 0.123 e. The summed E-state index contributed by atoms with van der Waals surface area (Å²) in [6.45, 7) is 0. The summed E-state index contributed by atoms with van der Waals surface area (Å²) in [5, 5.41) is 2.50. The van der Waals surface area contributed by atoms with Gasteiger partial charge in [-0.2, -0.15) is 0 Å². The van der Waals surface area contributed by atoms with Gasteiger partial charge in [-0.1, -0.05) is 164 Å². The number of hydrogen-bond donors (Lipinski definition) is 0. The first-order valence-electron chi connectivity index (χ1n) is 22.4. The fourth-order valence-corrected chi connectivity index (χ4v) is 11.1. The predicted octanol–water partition coefficient (Wildman–Crippen LogP) is 15.5. The summed E-state index contributed by atoms with van der Waals surface area (Å²) in [4.78, 5) is 2.32. The molecule has 2 nitrogen and oxygen atoms in total. The molecule has 9 aromatic rings. The number of para-hydroxylation sites is 2. The molecule has 306 valence electrons. The van der Waals surface area contributed by atoms with Crippen LogP contribution < -0.4 is 4.90 Å². The highest BCUT2D eigenvalue weighted by atomic mass is 19.1. The maximum absolute atomic E-state index is 14.7. The van der Waals surface area contributed by atoms with Crippen molar-refractivity contribution in [3.8, 4) is 5.69 Å². The van der Waals surface area contributed by atoms with E-state index in [1.54, 1.807) is 12.1 Å². The predicted molar refractivity (Wildman–Crippen MR) is 264 cm³/mol. The van der Waals surface area contributed by atoms with Crippen molar-refractivity contribution in [2.24, 2.45) is 5.92 Å². The van der Waals surface area contributed by atoms with Crippen molar-refractivity contribution in [3.63, 3.8) is 0 Å².